The molecule has 0 atom stereocenters. The molecule has 0 bridgehead atoms. The average molecular weight is 171 g/mol. The molecule has 1 fully saturated rings. The molecule has 1 aliphatic rings. The highest BCUT2D eigenvalue weighted by molar-refractivity contribution is 4.96. The van der Waals surface area contributed by atoms with Crippen LogP contribution in [0.4, 0.5) is 0 Å². The summed E-state index contributed by atoms with van der Waals surface area (Å²) < 4.78 is 0. The molecule has 1 rings (SSSR count). The number of rotatable bonds is 1. The molecule has 0 saturated carbocycles. The minimum atomic E-state index is 0.199. The summed E-state index contributed by atoms with van der Waals surface area (Å²) in [5, 5.41) is 5.88. The zero-order chi connectivity index (χ0) is 9.41. The van der Waals surface area contributed by atoms with E-state index in [0.717, 1.165) is 13.1 Å². The fourth-order valence-corrected chi connectivity index (χ4v) is 2.16. The first-order valence-electron chi connectivity index (χ1n) is 4.56. The fraction of sp³-hybridized carbons (Fsp3) is 1.00. The van der Waals surface area contributed by atoms with Crippen molar-refractivity contribution in [1.82, 2.24) is 15.8 Å². The van der Waals surface area contributed by atoms with Gasteiger partial charge in [-0.25, -0.2) is 5.01 Å². The zero-order valence-electron chi connectivity index (χ0n) is 8.86. The molecule has 0 unspecified atom stereocenters. The van der Waals surface area contributed by atoms with Crippen LogP contribution in [0.2, 0.25) is 0 Å². The summed E-state index contributed by atoms with van der Waals surface area (Å²) in [5.74, 6) is 0. The van der Waals surface area contributed by atoms with Gasteiger partial charge >= 0.3 is 0 Å². The topological polar surface area (TPSA) is 27.3 Å². The molecule has 1 heterocycles. The number of hydrazine groups is 1. The van der Waals surface area contributed by atoms with Gasteiger partial charge in [0.2, 0.25) is 0 Å². The molecule has 0 amide bonds. The van der Waals surface area contributed by atoms with E-state index in [9.17, 15) is 0 Å². The number of nitrogens with one attached hydrogen (secondary N) is 2. The van der Waals surface area contributed by atoms with Gasteiger partial charge in [0.1, 0.15) is 0 Å². The van der Waals surface area contributed by atoms with Crippen LogP contribution in [0.5, 0.6) is 0 Å². The summed E-state index contributed by atoms with van der Waals surface area (Å²) in [4.78, 5) is 0. The van der Waals surface area contributed by atoms with Gasteiger partial charge in [-0.05, 0) is 34.7 Å². The van der Waals surface area contributed by atoms with Crippen LogP contribution < -0.4 is 10.7 Å². The van der Waals surface area contributed by atoms with E-state index < -0.39 is 0 Å². The van der Waals surface area contributed by atoms with E-state index in [1.807, 2.05) is 7.05 Å². The van der Waals surface area contributed by atoms with Crippen molar-refractivity contribution in [1.29, 1.82) is 0 Å². The van der Waals surface area contributed by atoms with Crippen molar-refractivity contribution in [3.05, 3.63) is 0 Å². The first-order chi connectivity index (χ1) is 5.35. The number of hydrogen-bond donors (Lipinski definition) is 2. The molecule has 12 heavy (non-hydrogen) atoms. The van der Waals surface area contributed by atoms with Crippen LogP contribution in [-0.2, 0) is 0 Å². The molecule has 0 spiro atoms. The van der Waals surface area contributed by atoms with Gasteiger partial charge in [0.25, 0.3) is 0 Å². The molecule has 0 radical (unpaired) electrons. The maximum Gasteiger partial charge on any atom is 0.0309 e. The van der Waals surface area contributed by atoms with E-state index in [1.54, 1.807) is 0 Å². The number of nitrogens with zero attached hydrogens (tertiary/aromatic N) is 1. The summed E-state index contributed by atoms with van der Waals surface area (Å²) in [6, 6.07) is 0. The van der Waals surface area contributed by atoms with Crippen molar-refractivity contribution in [3.63, 3.8) is 0 Å². The molecule has 2 N–H and O–H groups in total. The Hall–Kier alpha value is -0.120. The zero-order valence-corrected chi connectivity index (χ0v) is 8.86. The average Bonchev–Trinajstić information content (AvgIpc) is 1.80. The standard InChI is InChI=1S/C9H21N3/c1-8(2)6-12(10-5)7-9(3,4)11-8/h10-11H,6-7H2,1-5H3. The van der Waals surface area contributed by atoms with Crippen molar-refractivity contribution in [3.8, 4) is 0 Å². The number of piperazine rings is 1. The lowest BCUT2D eigenvalue weighted by Gasteiger charge is -2.47. The summed E-state index contributed by atoms with van der Waals surface area (Å²) in [6.07, 6.45) is 0. The van der Waals surface area contributed by atoms with Crippen molar-refractivity contribution < 1.29 is 0 Å². The van der Waals surface area contributed by atoms with Gasteiger partial charge in [-0.15, -0.1) is 0 Å². The Labute approximate surface area is 75.5 Å². The first-order valence-corrected chi connectivity index (χ1v) is 4.56. The van der Waals surface area contributed by atoms with Gasteiger partial charge in [-0.1, -0.05) is 0 Å². The normalized spacial score (nSPS) is 28.8. The highest BCUT2D eigenvalue weighted by Gasteiger charge is 2.35. The minimum absolute atomic E-state index is 0.199. The van der Waals surface area contributed by atoms with Gasteiger partial charge < -0.3 is 5.32 Å². The smallest absolute Gasteiger partial charge is 0.0309 e. The molecule has 0 aromatic heterocycles. The van der Waals surface area contributed by atoms with Crippen molar-refractivity contribution in [2.45, 2.75) is 38.8 Å². The second-order valence-electron chi connectivity index (χ2n) is 4.97. The quantitative estimate of drug-likeness (QED) is 0.604. The Kier molecular flexibility index (Phi) is 2.47. The molecule has 0 aromatic carbocycles. The van der Waals surface area contributed by atoms with Gasteiger partial charge in [-0.3, -0.25) is 5.43 Å². The van der Waals surface area contributed by atoms with E-state index in [1.165, 1.54) is 0 Å². The Bertz CT molecular complexity index is 147. The maximum absolute atomic E-state index is 3.61. The minimum Gasteiger partial charge on any atom is -0.304 e. The largest absolute Gasteiger partial charge is 0.304 e. The lowest BCUT2D eigenvalue weighted by molar-refractivity contribution is 0.0473. The third kappa shape index (κ3) is 2.44. The van der Waals surface area contributed by atoms with Crippen LogP contribution in [0.15, 0.2) is 0 Å². The predicted molar refractivity (Wildman–Crippen MR) is 51.9 cm³/mol. The van der Waals surface area contributed by atoms with E-state index in [4.69, 9.17) is 0 Å². The Morgan fingerprint density at radius 3 is 1.83 bits per heavy atom. The van der Waals surface area contributed by atoms with Crippen molar-refractivity contribution >= 4 is 0 Å². The third-order valence-corrected chi connectivity index (χ3v) is 2.17. The van der Waals surface area contributed by atoms with E-state index in [2.05, 4.69) is 43.4 Å². The molecule has 3 heteroatoms. The van der Waals surface area contributed by atoms with Crippen LogP contribution in [0.1, 0.15) is 27.7 Å². The SMILES string of the molecule is CNN1CC(C)(C)NC(C)(C)C1. The van der Waals surface area contributed by atoms with E-state index >= 15 is 0 Å². The number of hydrogen-bond acceptors (Lipinski definition) is 3. The van der Waals surface area contributed by atoms with E-state index in [0.29, 0.717) is 0 Å². The fourth-order valence-electron chi connectivity index (χ4n) is 2.16. The summed E-state index contributed by atoms with van der Waals surface area (Å²) >= 11 is 0. The van der Waals surface area contributed by atoms with Gasteiger partial charge in [-0.2, -0.15) is 0 Å². The Morgan fingerprint density at radius 2 is 1.50 bits per heavy atom. The third-order valence-electron chi connectivity index (χ3n) is 2.17. The van der Waals surface area contributed by atoms with Crippen LogP contribution in [-0.4, -0.2) is 36.2 Å². The van der Waals surface area contributed by atoms with Crippen LogP contribution >= 0.6 is 0 Å². The Morgan fingerprint density at radius 1 is 1.08 bits per heavy atom. The van der Waals surface area contributed by atoms with Crippen LogP contribution in [0.3, 0.4) is 0 Å². The lowest BCUT2D eigenvalue weighted by atomic mass is 9.92. The van der Waals surface area contributed by atoms with Crippen LogP contribution in [0.25, 0.3) is 0 Å². The molecular formula is C9H21N3. The van der Waals surface area contributed by atoms with Crippen molar-refractivity contribution in [2.24, 2.45) is 0 Å². The lowest BCUT2D eigenvalue weighted by Crippen LogP contribution is -2.68. The second kappa shape index (κ2) is 2.98. The van der Waals surface area contributed by atoms with Gasteiger partial charge in [0.15, 0.2) is 0 Å². The molecule has 3 nitrogen and oxygen atoms in total. The first kappa shape index (κ1) is 9.96. The highest BCUT2D eigenvalue weighted by atomic mass is 15.5. The predicted octanol–water partition coefficient (Wildman–Crippen LogP) is 0.583. The van der Waals surface area contributed by atoms with Gasteiger partial charge in [0.05, 0.1) is 0 Å². The van der Waals surface area contributed by atoms with Crippen molar-refractivity contribution in [2.75, 3.05) is 20.1 Å². The van der Waals surface area contributed by atoms with Gasteiger partial charge in [0, 0.05) is 24.2 Å². The highest BCUT2D eigenvalue weighted by Crippen LogP contribution is 2.18. The van der Waals surface area contributed by atoms with Crippen LogP contribution in [0, 0.1) is 0 Å². The molecular weight excluding hydrogens is 150 g/mol. The molecule has 0 aromatic rings. The summed E-state index contributed by atoms with van der Waals surface area (Å²) in [6.45, 7) is 11.0. The van der Waals surface area contributed by atoms with E-state index in [-0.39, 0.29) is 11.1 Å². The molecule has 0 aliphatic carbocycles. The summed E-state index contributed by atoms with van der Waals surface area (Å²) in [5.41, 5.74) is 3.61. The molecule has 72 valence electrons. The summed E-state index contributed by atoms with van der Waals surface area (Å²) in [7, 11) is 1.98. The maximum atomic E-state index is 3.61. The second-order valence-corrected chi connectivity index (χ2v) is 4.97. The Balaban J connectivity index is 2.66. The molecule has 1 saturated heterocycles. The monoisotopic (exact) mass is 171 g/mol. The molecule has 1 aliphatic heterocycles.